The van der Waals surface area contributed by atoms with Crippen LogP contribution in [0.15, 0.2) is 36.4 Å². The third-order valence-corrected chi connectivity index (χ3v) is 3.23. The van der Waals surface area contributed by atoms with Crippen LogP contribution in [0, 0.1) is 0 Å². The summed E-state index contributed by atoms with van der Waals surface area (Å²) >= 11 is 6.10. The fourth-order valence-electron chi connectivity index (χ4n) is 1.91. The highest BCUT2D eigenvalue weighted by Crippen LogP contribution is 2.39. The summed E-state index contributed by atoms with van der Waals surface area (Å²) in [5, 5.41) is 3.08. The van der Waals surface area contributed by atoms with Crippen LogP contribution in [0.2, 0.25) is 5.02 Å². The minimum absolute atomic E-state index is 0.148. The molecule has 2 aromatic rings. The van der Waals surface area contributed by atoms with E-state index in [0.717, 1.165) is 0 Å². The van der Waals surface area contributed by atoms with E-state index in [1.54, 1.807) is 36.4 Å². The van der Waals surface area contributed by atoms with Crippen molar-refractivity contribution < 1.29 is 14.3 Å². The topological polar surface area (TPSA) is 73.6 Å². The molecule has 102 valence electrons. The van der Waals surface area contributed by atoms with Crippen LogP contribution in [0.1, 0.15) is 10.4 Å². The normalized spacial score (nSPS) is 12.2. The predicted octanol–water partition coefficient (Wildman–Crippen LogP) is 2.90. The summed E-state index contributed by atoms with van der Waals surface area (Å²) in [7, 11) is 0. The summed E-state index contributed by atoms with van der Waals surface area (Å²) in [5.41, 5.74) is 7.01. The summed E-state index contributed by atoms with van der Waals surface area (Å²) in [4.78, 5) is 12.2. The van der Waals surface area contributed by atoms with Crippen molar-refractivity contribution in [2.75, 3.05) is 17.8 Å². The molecule has 1 amide bonds. The zero-order chi connectivity index (χ0) is 14.1. The molecular formula is C14H11ClN2O3. The smallest absolute Gasteiger partial charge is 0.257 e. The number of nitrogen functional groups attached to an aromatic ring is 1. The van der Waals surface area contributed by atoms with Crippen LogP contribution in [0.5, 0.6) is 11.5 Å². The third kappa shape index (κ3) is 2.23. The molecule has 0 saturated heterocycles. The molecule has 6 heteroatoms. The number of ether oxygens (including phenoxy) is 2. The molecule has 5 nitrogen and oxygen atoms in total. The van der Waals surface area contributed by atoms with Gasteiger partial charge in [-0.25, -0.2) is 0 Å². The van der Waals surface area contributed by atoms with Gasteiger partial charge < -0.3 is 20.5 Å². The van der Waals surface area contributed by atoms with Crippen molar-refractivity contribution in [1.82, 2.24) is 0 Å². The molecule has 1 heterocycles. The summed E-state index contributed by atoms with van der Waals surface area (Å²) in [6, 6.07) is 10.0. The van der Waals surface area contributed by atoms with Gasteiger partial charge in [-0.2, -0.15) is 0 Å². The van der Waals surface area contributed by atoms with Gasteiger partial charge in [-0.05, 0) is 12.1 Å². The van der Waals surface area contributed by atoms with E-state index in [2.05, 4.69) is 5.32 Å². The van der Waals surface area contributed by atoms with E-state index >= 15 is 0 Å². The fourth-order valence-corrected chi connectivity index (χ4v) is 2.11. The van der Waals surface area contributed by atoms with E-state index in [4.69, 9.17) is 26.8 Å². The van der Waals surface area contributed by atoms with Crippen molar-refractivity contribution in [3.8, 4) is 11.5 Å². The quantitative estimate of drug-likeness (QED) is 0.834. The molecule has 3 rings (SSSR count). The average Bonchev–Trinajstić information content (AvgIpc) is 2.86. The van der Waals surface area contributed by atoms with Crippen molar-refractivity contribution in [3.63, 3.8) is 0 Å². The minimum atomic E-state index is -0.330. The molecule has 2 aromatic carbocycles. The van der Waals surface area contributed by atoms with E-state index in [9.17, 15) is 4.79 Å². The van der Waals surface area contributed by atoms with Crippen LogP contribution in [0.4, 0.5) is 11.4 Å². The number of amides is 1. The van der Waals surface area contributed by atoms with Crippen molar-refractivity contribution >= 4 is 28.9 Å². The lowest BCUT2D eigenvalue weighted by molar-refractivity contribution is 0.102. The van der Waals surface area contributed by atoms with E-state index in [0.29, 0.717) is 33.5 Å². The highest BCUT2D eigenvalue weighted by Gasteiger charge is 2.18. The van der Waals surface area contributed by atoms with E-state index in [1.807, 2.05) is 0 Å². The van der Waals surface area contributed by atoms with E-state index in [1.165, 1.54) is 0 Å². The lowest BCUT2D eigenvalue weighted by Gasteiger charge is -2.09. The predicted molar refractivity (Wildman–Crippen MR) is 76.4 cm³/mol. The summed E-state index contributed by atoms with van der Waals surface area (Å²) in [6.07, 6.45) is 0. The van der Waals surface area contributed by atoms with Gasteiger partial charge >= 0.3 is 0 Å². The first-order valence-electron chi connectivity index (χ1n) is 5.90. The van der Waals surface area contributed by atoms with E-state index in [-0.39, 0.29) is 12.7 Å². The van der Waals surface area contributed by atoms with Gasteiger partial charge in [0.15, 0.2) is 11.5 Å². The maximum absolute atomic E-state index is 12.2. The first-order chi connectivity index (χ1) is 9.65. The number of carbonyl (C=O) groups excluding carboxylic acids is 1. The second-order valence-electron chi connectivity index (χ2n) is 4.23. The number of hydrogen-bond acceptors (Lipinski definition) is 4. The number of hydrogen-bond donors (Lipinski definition) is 2. The Kier molecular flexibility index (Phi) is 3.12. The van der Waals surface area contributed by atoms with Gasteiger partial charge in [-0.15, -0.1) is 0 Å². The van der Waals surface area contributed by atoms with Crippen LogP contribution < -0.4 is 20.5 Å². The molecule has 0 spiro atoms. The van der Waals surface area contributed by atoms with Crippen molar-refractivity contribution in [2.45, 2.75) is 0 Å². The Balaban J connectivity index is 1.88. The maximum Gasteiger partial charge on any atom is 0.257 e. The minimum Gasteiger partial charge on any atom is -0.454 e. The van der Waals surface area contributed by atoms with Gasteiger partial charge in [-0.3, -0.25) is 4.79 Å². The molecule has 0 unspecified atom stereocenters. The van der Waals surface area contributed by atoms with Crippen molar-refractivity contribution in [2.24, 2.45) is 0 Å². The molecule has 0 fully saturated rings. The van der Waals surface area contributed by atoms with Gasteiger partial charge in [0.2, 0.25) is 6.79 Å². The molecule has 20 heavy (non-hydrogen) atoms. The standard InChI is InChI=1S/C14H11ClN2O3/c15-9-5-12-13(20-7-19-12)6-11(9)17-14(18)8-3-1-2-4-10(8)16/h1-6H,7,16H2,(H,17,18). The molecule has 3 N–H and O–H groups in total. The number of anilines is 2. The zero-order valence-electron chi connectivity index (χ0n) is 10.4. The number of halogens is 1. The highest BCUT2D eigenvalue weighted by atomic mass is 35.5. The molecule has 1 aliphatic heterocycles. The zero-order valence-corrected chi connectivity index (χ0v) is 11.1. The second-order valence-corrected chi connectivity index (χ2v) is 4.63. The van der Waals surface area contributed by atoms with Crippen molar-refractivity contribution in [1.29, 1.82) is 0 Å². The number of nitrogens with two attached hydrogens (primary N) is 1. The molecule has 0 bridgehead atoms. The molecular weight excluding hydrogens is 280 g/mol. The first-order valence-corrected chi connectivity index (χ1v) is 6.28. The van der Waals surface area contributed by atoms with Crippen molar-refractivity contribution in [3.05, 3.63) is 47.0 Å². The van der Waals surface area contributed by atoms with E-state index < -0.39 is 0 Å². The van der Waals surface area contributed by atoms with Gasteiger partial charge in [-0.1, -0.05) is 23.7 Å². The number of benzene rings is 2. The highest BCUT2D eigenvalue weighted by molar-refractivity contribution is 6.34. The summed E-state index contributed by atoms with van der Waals surface area (Å²) in [6.45, 7) is 0.148. The fraction of sp³-hybridized carbons (Fsp3) is 0.0714. The SMILES string of the molecule is Nc1ccccc1C(=O)Nc1cc2c(cc1Cl)OCO2. The molecule has 0 atom stereocenters. The van der Waals surface area contributed by atoms with Gasteiger partial charge in [0.05, 0.1) is 16.3 Å². The maximum atomic E-state index is 12.2. The van der Waals surface area contributed by atoms with Gasteiger partial charge in [0.25, 0.3) is 5.91 Å². The monoisotopic (exact) mass is 290 g/mol. The van der Waals surface area contributed by atoms with Crippen LogP contribution >= 0.6 is 11.6 Å². The Morgan fingerprint density at radius 2 is 1.90 bits per heavy atom. The largest absolute Gasteiger partial charge is 0.454 e. The summed E-state index contributed by atoms with van der Waals surface area (Å²) < 4.78 is 10.5. The third-order valence-electron chi connectivity index (χ3n) is 2.92. The Hall–Kier alpha value is -2.40. The average molecular weight is 291 g/mol. The number of para-hydroxylation sites is 1. The first kappa shape index (κ1) is 12.6. The molecule has 0 radical (unpaired) electrons. The van der Waals surface area contributed by atoms with Crippen LogP contribution in [0.3, 0.4) is 0 Å². The molecule has 0 saturated carbocycles. The van der Waals surface area contributed by atoms with Crippen LogP contribution in [-0.2, 0) is 0 Å². The number of nitrogens with one attached hydrogen (secondary N) is 1. The number of fused-ring (bicyclic) bond motifs is 1. The Bertz CT molecular complexity index is 688. The Morgan fingerprint density at radius 1 is 1.20 bits per heavy atom. The molecule has 0 aliphatic carbocycles. The number of carbonyl (C=O) groups is 1. The molecule has 1 aliphatic rings. The number of rotatable bonds is 2. The second kappa shape index (κ2) is 4.94. The van der Waals surface area contributed by atoms with Crippen LogP contribution in [-0.4, -0.2) is 12.7 Å². The Morgan fingerprint density at radius 3 is 2.65 bits per heavy atom. The Labute approximate surface area is 120 Å². The summed E-state index contributed by atoms with van der Waals surface area (Å²) in [5.74, 6) is 0.779. The van der Waals surface area contributed by atoms with Gasteiger partial charge in [0, 0.05) is 17.8 Å². The lowest BCUT2D eigenvalue weighted by atomic mass is 10.1. The van der Waals surface area contributed by atoms with Gasteiger partial charge in [0.1, 0.15) is 0 Å². The molecule has 0 aromatic heterocycles. The van der Waals surface area contributed by atoms with Crippen LogP contribution in [0.25, 0.3) is 0 Å². The lowest BCUT2D eigenvalue weighted by Crippen LogP contribution is -2.14.